The highest BCUT2D eigenvalue weighted by Crippen LogP contribution is 2.36. The van der Waals surface area contributed by atoms with Gasteiger partial charge < -0.3 is 25.2 Å². The summed E-state index contributed by atoms with van der Waals surface area (Å²) < 4.78 is 49.5. The van der Waals surface area contributed by atoms with Crippen molar-refractivity contribution < 1.29 is 32.6 Å². The second-order valence-corrected chi connectivity index (χ2v) is 10.1. The van der Waals surface area contributed by atoms with Gasteiger partial charge in [0, 0.05) is 20.4 Å². The summed E-state index contributed by atoms with van der Waals surface area (Å²) in [6, 6.07) is 10.0. The Labute approximate surface area is 181 Å². The van der Waals surface area contributed by atoms with Crippen LogP contribution in [-0.2, 0) is 17.2 Å². The average Bonchev–Trinajstić information content (AvgIpc) is 2.62. The highest BCUT2D eigenvalue weighted by molar-refractivity contribution is 7.99. The number of aryl methyl sites for hydroxylation is 1. The van der Waals surface area contributed by atoms with E-state index >= 15 is 0 Å². The molecule has 0 amide bonds. The molecule has 0 heterocycles. The third-order valence-corrected chi connectivity index (χ3v) is 6.71. The van der Waals surface area contributed by atoms with E-state index in [1.807, 2.05) is 0 Å². The Morgan fingerprint density at radius 3 is 2.37 bits per heavy atom. The van der Waals surface area contributed by atoms with Gasteiger partial charge in [0.05, 0.1) is 12.2 Å². The lowest BCUT2D eigenvalue weighted by Crippen LogP contribution is -2.49. The molecule has 2 aromatic carbocycles. The Kier molecular flexibility index (Phi) is 8.43. The minimum atomic E-state index is -4.86. The Bertz CT molecular complexity index is 925. The number of aliphatic hydroxyl groups is 1. The minimum Gasteiger partial charge on any atom is -0.811 e. The summed E-state index contributed by atoms with van der Waals surface area (Å²) in [7, 11) is -4.86. The first-order valence-corrected chi connectivity index (χ1v) is 11.8. The monoisotopic (exact) mass is 481 g/mol. The predicted octanol–water partition coefficient (Wildman–Crippen LogP) is 3.44. The molecule has 0 fully saturated rings. The third-order valence-electron chi connectivity index (χ3n) is 4.37. The van der Waals surface area contributed by atoms with Gasteiger partial charge in [-0.1, -0.05) is 43.1 Å². The Balaban J connectivity index is 2.01. The molecule has 3 N–H and O–H groups in total. The van der Waals surface area contributed by atoms with Crippen molar-refractivity contribution in [2.75, 3.05) is 12.8 Å². The zero-order chi connectivity index (χ0) is 22.6. The summed E-state index contributed by atoms with van der Waals surface area (Å²) in [5.41, 5.74) is 4.29. The highest BCUT2D eigenvalue weighted by Gasteiger charge is 2.30. The molecule has 30 heavy (non-hydrogen) atoms. The second-order valence-electron chi connectivity index (χ2n) is 7.02. The minimum absolute atomic E-state index is 0.106. The van der Waals surface area contributed by atoms with E-state index in [-0.39, 0.29) is 6.42 Å². The summed E-state index contributed by atoms with van der Waals surface area (Å²) in [5, 5.41) is 9.72. The lowest BCUT2D eigenvalue weighted by atomic mass is 9.95. The van der Waals surface area contributed by atoms with Crippen molar-refractivity contribution in [1.82, 2.24) is 0 Å². The smallest absolute Gasteiger partial charge is 0.416 e. The van der Waals surface area contributed by atoms with Crippen LogP contribution in [0.15, 0.2) is 52.3 Å². The number of benzene rings is 2. The van der Waals surface area contributed by atoms with E-state index in [0.29, 0.717) is 27.7 Å². The van der Waals surface area contributed by atoms with Crippen molar-refractivity contribution in [3.05, 3.63) is 58.6 Å². The highest BCUT2D eigenvalue weighted by atomic mass is 35.5. The standard InChI is InChI=1S/C19H22ClF3NO4PS/c20-17-10-16(30-15-5-1-4-14(9-15)19(21,22)23)7-6-13(17)3-2-8-18(24,11-25)12-29(26,27)28/h1,4-7,9-10,25H,2-3,8,11-12,24H2,(H2,26,27,28)/p-2. The van der Waals surface area contributed by atoms with Gasteiger partial charge in [0.1, 0.15) is 0 Å². The average molecular weight is 482 g/mol. The van der Waals surface area contributed by atoms with Gasteiger partial charge in [0.25, 0.3) is 0 Å². The van der Waals surface area contributed by atoms with Crippen LogP contribution in [0.5, 0.6) is 0 Å². The van der Waals surface area contributed by atoms with Crippen molar-refractivity contribution >= 4 is 31.0 Å². The number of nitrogens with two attached hydrogens (primary N) is 1. The van der Waals surface area contributed by atoms with E-state index in [0.717, 1.165) is 29.5 Å². The van der Waals surface area contributed by atoms with Crippen molar-refractivity contribution in [3.8, 4) is 0 Å². The predicted molar refractivity (Wildman–Crippen MR) is 106 cm³/mol. The van der Waals surface area contributed by atoms with Crippen LogP contribution in [0.3, 0.4) is 0 Å². The third kappa shape index (κ3) is 7.89. The van der Waals surface area contributed by atoms with Crippen molar-refractivity contribution in [2.45, 2.75) is 40.8 Å². The Morgan fingerprint density at radius 1 is 1.13 bits per heavy atom. The maximum Gasteiger partial charge on any atom is 0.416 e. The topological polar surface area (TPSA) is 109 Å². The molecular weight excluding hydrogens is 462 g/mol. The van der Waals surface area contributed by atoms with Crippen molar-refractivity contribution in [1.29, 1.82) is 0 Å². The quantitative estimate of drug-likeness (QED) is 0.531. The lowest BCUT2D eigenvalue weighted by Gasteiger charge is -2.39. The Hall–Kier alpha value is -1.06. The molecule has 0 saturated heterocycles. The van der Waals surface area contributed by atoms with E-state index in [4.69, 9.17) is 17.3 Å². The molecule has 0 aliphatic carbocycles. The van der Waals surface area contributed by atoms with Gasteiger partial charge in [-0.25, -0.2) is 0 Å². The van der Waals surface area contributed by atoms with E-state index in [2.05, 4.69) is 0 Å². The molecule has 0 aliphatic heterocycles. The van der Waals surface area contributed by atoms with Crippen LogP contribution in [0.25, 0.3) is 0 Å². The van der Waals surface area contributed by atoms with E-state index < -0.39 is 37.6 Å². The van der Waals surface area contributed by atoms with Crippen LogP contribution in [0, 0.1) is 0 Å². The Morgan fingerprint density at radius 2 is 1.80 bits per heavy atom. The molecule has 0 aromatic heterocycles. The number of hydrogen-bond acceptors (Lipinski definition) is 6. The first-order chi connectivity index (χ1) is 13.8. The maximum atomic E-state index is 12.8. The van der Waals surface area contributed by atoms with Gasteiger partial charge in [0.2, 0.25) is 0 Å². The molecule has 0 radical (unpaired) electrons. The second kappa shape index (κ2) is 10.0. The fourth-order valence-corrected chi connectivity index (χ4v) is 5.18. The SMILES string of the molecule is NC(CO)(CCCc1ccc(Sc2cccc(C(F)(F)F)c2)cc1Cl)CP(=O)([O-])[O-]. The summed E-state index contributed by atoms with van der Waals surface area (Å²) in [6.45, 7) is -0.637. The molecule has 0 spiro atoms. The summed E-state index contributed by atoms with van der Waals surface area (Å²) in [6.07, 6.45) is -4.34. The molecule has 1 atom stereocenters. The van der Waals surface area contributed by atoms with E-state index in [9.17, 15) is 32.6 Å². The zero-order valence-electron chi connectivity index (χ0n) is 15.7. The van der Waals surface area contributed by atoms with Crippen LogP contribution in [0.2, 0.25) is 5.02 Å². The van der Waals surface area contributed by atoms with Crippen LogP contribution < -0.4 is 15.5 Å². The molecule has 166 valence electrons. The molecular formula is C19H20ClF3NO4PS-2. The van der Waals surface area contributed by atoms with Gasteiger partial charge in [-0.2, -0.15) is 13.2 Å². The fourth-order valence-electron chi connectivity index (χ4n) is 2.89. The maximum absolute atomic E-state index is 12.8. The molecule has 11 heteroatoms. The normalized spacial score (nSPS) is 14.5. The zero-order valence-corrected chi connectivity index (χ0v) is 18.2. The van der Waals surface area contributed by atoms with Gasteiger partial charge in [-0.3, -0.25) is 0 Å². The summed E-state index contributed by atoms with van der Waals surface area (Å²) >= 11 is 7.41. The molecule has 1 unspecified atom stereocenters. The number of hydrogen-bond donors (Lipinski definition) is 2. The number of rotatable bonds is 9. The van der Waals surface area contributed by atoms with Crippen molar-refractivity contribution in [3.63, 3.8) is 0 Å². The number of halogens is 4. The molecule has 0 saturated carbocycles. The van der Waals surface area contributed by atoms with Crippen LogP contribution in [-0.4, -0.2) is 23.4 Å². The van der Waals surface area contributed by atoms with Crippen LogP contribution in [0.1, 0.15) is 24.0 Å². The first kappa shape index (κ1) is 25.2. The molecule has 2 rings (SSSR count). The van der Waals surface area contributed by atoms with Gasteiger partial charge in [0.15, 0.2) is 0 Å². The summed E-state index contributed by atoms with van der Waals surface area (Å²) in [4.78, 5) is 23.0. The molecule has 0 aliphatic rings. The molecule has 5 nitrogen and oxygen atoms in total. The summed E-state index contributed by atoms with van der Waals surface area (Å²) in [5.74, 6) is 0. The molecule has 0 bridgehead atoms. The number of aliphatic hydroxyl groups excluding tert-OH is 1. The number of alkyl halides is 3. The van der Waals surface area contributed by atoms with Gasteiger partial charge in [-0.15, -0.1) is 0 Å². The van der Waals surface area contributed by atoms with Crippen molar-refractivity contribution in [2.24, 2.45) is 5.73 Å². The first-order valence-electron chi connectivity index (χ1n) is 8.86. The van der Waals surface area contributed by atoms with Gasteiger partial charge >= 0.3 is 6.18 Å². The van der Waals surface area contributed by atoms with E-state index in [1.54, 1.807) is 24.3 Å². The fraction of sp³-hybridized carbons (Fsp3) is 0.368. The largest absolute Gasteiger partial charge is 0.811 e. The van der Waals surface area contributed by atoms with Crippen LogP contribution >= 0.6 is 31.0 Å². The lowest BCUT2D eigenvalue weighted by molar-refractivity contribution is -0.314. The van der Waals surface area contributed by atoms with Crippen LogP contribution in [0.4, 0.5) is 13.2 Å². The van der Waals surface area contributed by atoms with E-state index in [1.165, 1.54) is 6.07 Å². The molecule has 2 aromatic rings. The van der Waals surface area contributed by atoms with Gasteiger partial charge in [-0.05, 0) is 61.3 Å².